The fraction of sp³-hybridized carbons (Fsp3) is 0.375. The molecule has 1 aliphatic carbocycles. The van der Waals surface area contributed by atoms with Gasteiger partial charge in [0.15, 0.2) is 5.41 Å². The van der Waals surface area contributed by atoms with Gasteiger partial charge in [-0.1, -0.05) is 31.2 Å². The first-order chi connectivity index (χ1) is 15.1. The lowest BCUT2D eigenvalue weighted by molar-refractivity contribution is -0.188. The summed E-state index contributed by atoms with van der Waals surface area (Å²) in [6.45, 7) is 2.90. The van der Waals surface area contributed by atoms with Crippen molar-refractivity contribution in [3.63, 3.8) is 0 Å². The lowest BCUT2D eigenvalue weighted by atomic mass is 9.56. The largest absolute Gasteiger partial charge is 0.480 e. The highest BCUT2D eigenvalue weighted by Crippen LogP contribution is 2.59. The molecular weight excluding hydrogens is 423 g/mol. The SMILES string of the molecule is C[C@H]1OC(=O)[C@]2(C(=O)O)CC(F)(F)[C@@H](C)[C@H](/C=C/c3ccc(-c4cccc(F)c4)cn3)[C@H]12. The van der Waals surface area contributed by atoms with Crippen molar-refractivity contribution < 1.29 is 32.6 Å². The minimum Gasteiger partial charge on any atom is -0.480 e. The highest BCUT2D eigenvalue weighted by atomic mass is 19.3. The molecule has 0 spiro atoms. The standard InChI is InChI=1S/C24H22F3NO4/c1-13-19(20-14(2)32-22(31)23(20,21(29)30)12-24(13,26)27)9-8-18-7-6-16(11-28-18)15-4-3-5-17(25)10-15/h3-11,13-14,19-20H,12H2,1-2H3,(H,29,30)/b9-8+/t13-,14+,19-,20-,23+/m0/s1. The second-order valence-corrected chi connectivity index (χ2v) is 8.56. The summed E-state index contributed by atoms with van der Waals surface area (Å²) in [7, 11) is 0. The van der Waals surface area contributed by atoms with Gasteiger partial charge in [-0.05, 0) is 42.7 Å². The van der Waals surface area contributed by atoms with Crippen molar-refractivity contribution in [3.05, 3.63) is 60.2 Å². The van der Waals surface area contributed by atoms with Crippen LogP contribution in [0.5, 0.6) is 0 Å². The summed E-state index contributed by atoms with van der Waals surface area (Å²) < 4.78 is 48.3. The topological polar surface area (TPSA) is 76.5 Å². The summed E-state index contributed by atoms with van der Waals surface area (Å²) in [5, 5.41) is 9.77. The Labute approximate surface area is 182 Å². The van der Waals surface area contributed by atoms with Crippen LogP contribution < -0.4 is 0 Å². The second kappa shape index (κ2) is 7.76. The molecule has 8 heteroatoms. The Morgan fingerprint density at radius 2 is 1.97 bits per heavy atom. The number of aromatic nitrogens is 1. The van der Waals surface area contributed by atoms with E-state index in [1.165, 1.54) is 32.1 Å². The van der Waals surface area contributed by atoms with Crippen molar-refractivity contribution in [3.8, 4) is 11.1 Å². The molecule has 0 radical (unpaired) electrons. The van der Waals surface area contributed by atoms with E-state index < -0.39 is 53.6 Å². The molecule has 2 aliphatic rings. The van der Waals surface area contributed by atoms with Crippen LogP contribution in [-0.4, -0.2) is 34.1 Å². The molecule has 2 fully saturated rings. The number of alkyl halides is 2. The van der Waals surface area contributed by atoms with Crippen molar-refractivity contribution in [1.29, 1.82) is 0 Å². The van der Waals surface area contributed by atoms with E-state index in [0.29, 0.717) is 16.8 Å². The van der Waals surface area contributed by atoms with Crippen LogP contribution in [0.4, 0.5) is 13.2 Å². The number of allylic oxidation sites excluding steroid dienone is 1. The van der Waals surface area contributed by atoms with E-state index in [2.05, 4.69) is 4.98 Å². The minimum absolute atomic E-state index is 0.372. The minimum atomic E-state index is -3.36. The molecule has 0 bridgehead atoms. The lowest BCUT2D eigenvalue weighted by Crippen LogP contribution is -2.57. The van der Waals surface area contributed by atoms with Gasteiger partial charge in [-0.15, -0.1) is 0 Å². The molecule has 5 nitrogen and oxygen atoms in total. The Kier molecular flexibility index (Phi) is 5.35. The Hall–Kier alpha value is -3.16. The first-order valence-corrected chi connectivity index (χ1v) is 10.3. The Balaban J connectivity index is 1.66. The molecule has 1 N–H and O–H groups in total. The van der Waals surface area contributed by atoms with Crippen LogP contribution in [0, 0.1) is 29.0 Å². The number of carboxylic acid groups (broad SMARTS) is 1. The van der Waals surface area contributed by atoms with Gasteiger partial charge in [-0.2, -0.15) is 0 Å². The van der Waals surface area contributed by atoms with E-state index in [9.17, 15) is 27.9 Å². The number of carboxylic acids is 1. The van der Waals surface area contributed by atoms with Crippen LogP contribution in [0.25, 0.3) is 17.2 Å². The molecular formula is C24H22F3NO4. The number of ether oxygens (including phenoxy) is 1. The van der Waals surface area contributed by atoms with Crippen molar-refractivity contribution >= 4 is 18.0 Å². The number of nitrogens with zero attached hydrogens (tertiary/aromatic N) is 1. The van der Waals surface area contributed by atoms with Crippen molar-refractivity contribution in [2.45, 2.75) is 32.3 Å². The molecule has 0 amide bonds. The third-order valence-corrected chi connectivity index (χ3v) is 6.72. The van der Waals surface area contributed by atoms with Gasteiger partial charge in [0.05, 0.1) is 5.69 Å². The first-order valence-electron chi connectivity index (χ1n) is 10.3. The van der Waals surface area contributed by atoms with Crippen molar-refractivity contribution in [1.82, 2.24) is 4.98 Å². The van der Waals surface area contributed by atoms with Crippen LogP contribution in [0.2, 0.25) is 0 Å². The van der Waals surface area contributed by atoms with Crippen LogP contribution >= 0.6 is 0 Å². The van der Waals surface area contributed by atoms with E-state index >= 15 is 0 Å². The number of carbonyl (C=O) groups excluding carboxylic acids is 1. The van der Waals surface area contributed by atoms with Crippen LogP contribution in [0.1, 0.15) is 26.0 Å². The number of cyclic esters (lactones) is 1. The molecule has 2 heterocycles. The number of fused-ring (bicyclic) bond motifs is 1. The molecule has 1 aromatic heterocycles. The number of hydrogen-bond donors (Lipinski definition) is 1. The van der Waals surface area contributed by atoms with Crippen molar-refractivity contribution in [2.24, 2.45) is 23.2 Å². The number of esters is 1. The molecule has 0 unspecified atom stereocenters. The van der Waals surface area contributed by atoms with E-state index in [1.54, 1.807) is 36.5 Å². The molecule has 2 aromatic rings. The predicted octanol–water partition coefficient (Wildman–Crippen LogP) is 4.82. The Bertz CT molecular complexity index is 1080. The number of hydrogen-bond acceptors (Lipinski definition) is 4. The number of carbonyl (C=O) groups is 2. The van der Waals surface area contributed by atoms with Gasteiger partial charge < -0.3 is 9.84 Å². The van der Waals surface area contributed by atoms with E-state index in [4.69, 9.17) is 4.74 Å². The maximum absolute atomic E-state index is 14.8. The zero-order valence-electron chi connectivity index (χ0n) is 17.5. The van der Waals surface area contributed by atoms with Gasteiger partial charge in [0.1, 0.15) is 11.9 Å². The zero-order valence-corrected chi connectivity index (χ0v) is 17.5. The molecule has 4 rings (SSSR count). The van der Waals surface area contributed by atoms with Crippen molar-refractivity contribution in [2.75, 3.05) is 0 Å². The van der Waals surface area contributed by atoms with E-state index in [0.717, 1.165) is 0 Å². The fourth-order valence-corrected chi connectivity index (χ4v) is 4.99. The highest BCUT2D eigenvalue weighted by Gasteiger charge is 2.71. The van der Waals surface area contributed by atoms with Gasteiger partial charge in [-0.25, -0.2) is 13.2 Å². The summed E-state index contributed by atoms with van der Waals surface area (Å²) >= 11 is 0. The van der Waals surface area contributed by atoms with Gasteiger partial charge in [0.25, 0.3) is 5.92 Å². The van der Waals surface area contributed by atoms with Gasteiger partial charge in [0, 0.05) is 30.0 Å². The van der Waals surface area contributed by atoms with Gasteiger partial charge >= 0.3 is 11.9 Å². The summed E-state index contributed by atoms with van der Waals surface area (Å²) in [5.74, 6) is -9.46. The molecule has 1 aromatic carbocycles. The normalized spacial score (nSPS) is 31.3. The summed E-state index contributed by atoms with van der Waals surface area (Å²) in [4.78, 5) is 28.7. The average Bonchev–Trinajstić information content (AvgIpc) is 2.99. The van der Waals surface area contributed by atoms with Crippen LogP contribution in [0.15, 0.2) is 48.7 Å². The second-order valence-electron chi connectivity index (χ2n) is 8.56. The molecule has 1 aliphatic heterocycles. The molecule has 1 saturated heterocycles. The fourth-order valence-electron chi connectivity index (χ4n) is 4.99. The highest BCUT2D eigenvalue weighted by molar-refractivity contribution is 6.01. The first kappa shape index (κ1) is 22.0. The monoisotopic (exact) mass is 445 g/mol. The van der Waals surface area contributed by atoms with Crippen LogP contribution in [0.3, 0.4) is 0 Å². The summed E-state index contributed by atoms with van der Waals surface area (Å²) in [6.07, 6.45) is 2.70. The quantitative estimate of drug-likeness (QED) is 0.539. The Morgan fingerprint density at radius 3 is 2.59 bits per heavy atom. The Morgan fingerprint density at radius 1 is 1.22 bits per heavy atom. The number of aliphatic carboxylic acids is 1. The number of benzene rings is 1. The molecule has 168 valence electrons. The summed E-state index contributed by atoms with van der Waals surface area (Å²) in [6, 6.07) is 9.43. The molecule has 5 atom stereocenters. The zero-order chi connectivity index (χ0) is 23.3. The van der Waals surface area contributed by atoms with E-state index in [1.807, 2.05) is 0 Å². The predicted molar refractivity (Wildman–Crippen MR) is 110 cm³/mol. The van der Waals surface area contributed by atoms with Crippen LogP contribution in [-0.2, 0) is 14.3 Å². The smallest absolute Gasteiger partial charge is 0.324 e. The van der Waals surface area contributed by atoms with Gasteiger partial charge in [-0.3, -0.25) is 14.6 Å². The summed E-state index contributed by atoms with van der Waals surface area (Å²) in [5.41, 5.74) is -0.480. The average molecular weight is 445 g/mol. The van der Waals surface area contributed by atoms with Gasteiger partial charge in [0.2, 0.25) is 0 Å². The van der Waals surface area contributed by atoms with E-state index in [-0.39, 0.29) is 5.82 Å². The number of rotatable bonds is 4. The number of pyridine rings is 1. The molecule has 32 heavy (non-hydrogen) atoms. The third kappa shape index (κ3) is 3.47. The number of halogens is 3. The third-order valence-electron chi connectivity index (χ3n) is 6.72. The maximum atomic E-state index is 14.8. The lowest BCUT2D eigenvalue weighted by Gasteiger charge is -2.45. The molecule has 1 saturated carbocycles. The maximum Gasteiger partial charge on any atom is 0.324 e.